The highest BCUT2D eigenvalue weighted by atomic mass is 15.3. The van der Waals surface area contributed by atoms with E-state index in [0.29, 0.717) is 0 Å². The van der Waals surface area contributed by atoms with Crippen molar-refractivity contribution >= 4 is 5.96 Å². The molecule has 0 unspecified atom stereocenters. The average molecular weight is 288 g/mol. The van der Waals surface area contributed by atoms with Crippen LogP contribution in [0.25, 0.3) is 0 Å². The van der Waals surface area contributed by atoms with Crippen LogP contribution in [0.1, 0.15) is 13.3 Å². The van der Waals surface area contributed by atoms with Crippen molar-refractivity contribution in [2.24, 2.45) is 4.99 Å². The Morgan fingerprint density at radius 2 is 1.95 bits per heavy atom. The van der Waals surface area contributed by atoms with Crippen molar-refractivity contribution in [2.45, 2.75) is 26.4 Å². The van der Waals surface area contributed by atoms with Crippen LogP contribution in [-0.4, -0.2) is 39.9 Å². The normalized spacial score (nSPS) is 11.6. The fraction of sp³-hybridized carbons (Fsp3) is 0.467. The molecule has 0 aromatic carbocycles. The van der Waals surface area contributed by atoms with Crippen LogP contribution < -0.4 is 10.6 Å². The lowest BCUT2D eigenvalue weighted by Crippen LogP contribution is -2.38. The number of nitrogens with one attached hydrogen (secondary N) is 2. The summed E-state index contributed by atoms with van der Waals surface area (Å²) in [6.07, 6.45) is 8.89. The predicted octanol–water partition coefficient (Wildman–Crippen LogP) is 1.33. The minimum atomic E-state index is 0.790. The fourth-order valence-corrected chi connectivity index (χ4v) is 2.02. The zero-order valence-electron chi connectivity index (χ0n) is 12.6. The molecule has 2 heterocycles. The molecule has 0 aliphatic rings. The largest absolute Gasteiger partial charge is 0.357 e. The Balaban J connectivity index is 1.68. The zero-order valence-corrected chi connectivity index (χ0v) is 12.6. The molecule has 0 atom stereocenters. The van der Waals surface area contributed by atoms with Crippen LogP contribution in [0.15, 0.2) is 48.0 Å². The molecule has 0 spiro atoms. The van der Waals surface area contributed by atoms with Gasteiger partial charge in [-0.05, 0) is 31.5 Å². The van der Waals surface area contributed by atoms with Crippen LogP contribution in [0.4, 0.5) is 0 Å². The summed E-state index contributed by atoms with van der Waals surface area (Å²) >= 11 is 0. The van der Waals surface area contributed by atoms with Gasteiger partial charge in [-0.25, -0.2) is 0 Å². The van der Waals surface area contributed by atoms with Gasteiger partial charge in [0.15, 0.2) is 5.96 Å². The van der Waals surface area contributed by atoms with Crippen LogP contribution >= 0.6 is 0 Å². The first-order valence-electron chi connectivity index (χ1n) is 7.49. The highest BCUT2D eigenvalue weighted by Crippen LogP contribution is 1.91. The molecule has 0 amide bonds. The Kier molecular flexibility index (Phi) is 6.38. The van der Waals surface area contributed by atoms with Gasteiger partial charge in [0.05, 0.1) is 0 Å². The summed E-state index contributed by atoms with van der Waals surface area (Å²) in [5.74, 6) is 0.880. The van der Waals surface area contributed by atoms with E-state index in [1.807, 2.05) is 29.1 Å². The number of aryl methyl sites for hydroxylation is 1. The third-order valence-electron chi connectivity index (χ3n) is 3.05. The molecule has 0 saturated carbocycles. The van der Waals surface area contributed by atoms with Crippen LogP contribution in [0, 0.1) is 0 Å². The molecule has 2 aromatic rings. The lowest BCUT2D eigenvalue weighted by Gasteiger charge is -2.11. The molecule has 0 aliphatic heterocycles. The first-order chi connectivity index (χ1) is 10.4. The number of rotatable bonds is 8. The summed E-state index contributed by atoms with van der Waals surface area (Å²) in [5, 5.41) is 10.8. The maximum Gasteiger partial charge on any atom is 0.191 e. The SMILES string of the molecule is CCNC(=NCCCn1cccn1)NCCn1cccc1. The van der Waals surface area contributed by atoms with Crippen LogP contribution in [-0.2, 0) is 13.1 Å². The van der Waals surface area contributed by atoms with Gasteiger partial charge < -0.3 is 15.2 Å². The van der Waals surface area contributed by atoms with E-state index in [0.717, 1.165) is 45.1 Å². The second kappa shape index (κ2) is 8.84. The van der Waals surface area contributed by atoms with E-state index in [4.69, 9.17) is 0 Å². The van der Waals surface area contributed by atoms with Gasteiger partial charge in [0.2, 0.25) is 0 Å². The van der Waals surface area contributed by atoms with Gasteiger partial charge in [-0.15, -0.1) is 0 Å². The topological polar surface area (TPSA) is 59.2 Å². The third kappa shape index (κ3) is 5.72. The van der Waals surface area contributed by atoms with Gasteiger partial charge in [-0.1, -0.05) is 0 Å². The van der Waals surface area contributed by atoms with Crippen molar-refractivity contribution in [3.05, 3.63) is 43.0 Å². The van der Waals surface area contributed by atoms with Crippen LogP contribution in [0.2, 0.25) is 0 Å². The monoisotopic (exact) mass is 288 g/mol. The van der Waals surface area contributed by atoms with Crippen LogP contribution in [0.5, 0.6) is 0 Å². The van der Waals surface area contributed by atoms with Gasteiger partial charge in [0.1, 0.15) is 0 Å². The number of aliphatic imine (C=N–C) groups is 1. The molecule has 2 N–H and O–H groups in total. The zero-order chi connectivity index (χ0) is 14.8. The molecule has 0 bridgehead atoms. The standard InChI is InChI=1S/C15H24N6/c1-2-16-15(18-9-14-20-10-3-4-11-20)17-7-5-12-21-13-6-8-19-21/h3-4,6,8,10-11,13H,2,5,7,9,12,14H2,1H3,(H2,16,17,18). The second-order valence-electron chi connectivity index (χ2n) is 4.73. The van der Waals surface area contributed by atoms with E-state index < -0.39 is 0 Å². The first kappa shape index (κ1) is 15.2. The number of nitrogens with zero attached hydrogens (tertiary/aromatic N) is 4. The van der Waals surface area contributed by atoms with Gasteiger partial charge in [0.25, 0.3) is 0 Å². The number of guanidine groups is 1. The molecular weight excluding hydrogens is 264 g/mol. The van der Waals surface area contributed by atoms with Crippen molar-refractivity contribution < 1.29 is 0 Å². The summed E-state index contributed by atoms with van der Waals surface area (Å²) in [5.41, 5.74) is 0. The van der Waals surface area contributed by atoms with E-state index in [2.05, 4.69) is 44.6 Å². The Morgan fingerprint density at radius 3 is 2.67 bits per heavy atom. The molecular formula is C15H24N6. The Hall–Kier alpha value is -2.24. The van der Waals surface area contributed by atoms with Gasteiger partial charge in [-0.3, -0.25) is 9.67 Å². The third-order valence-corrected chi connectivity index (χ3v) is 3.05. The maximum atomic E-state index is 4.58. The van der Waals surface area contributed by atoms with Crippen molar-refractivity contribution in [1.29, 1.82) is 0 Å². The maximum absolute atomic E-state index is 4.58. The molecule has 2 aromatic heterocycles. The molecule has 6 nitrogen and oxygen atoms in total. The number of aromatic nitrogens is 3. The summed E-state index contributed by atoms with van der Waals surface area (Å²) in [6, 6.07) is 6.01. The van der Waals surface area contributed by atoms with E-state index in [1.165, 1.54) is 0 Å². The van der Waals surface area contributed by atoms with Crippen LogP contribution in [0.3, 0.4) is 0 Å². The van der Waals surface area contributed by atoms with Gasteiger partial charge >= 0.3 is 0 Å². The quantitative estimate of drug-likeness (QED) is 0.438. The Labute approximate surface area is 125 Å². The number of hydrogen-bond donors (Lipinski definition) is 2. The van der Waals surface area contributed by atoms with Gasteiger partial charge in [-0.2, -0.15) is 5.10 Å². The molecule has 0 radical (unpaired) electrons. The summed E-state index contributed by atoms with van der Waals surface area (Å²) in [6.45, 7) is 6.43. The summed E-state index contributed by atoms with van der Waals surface area (Å²) < 4.78 is 4.08. The molecule has 114 valence electrons. The van der Waals surface area contributed by atoms with Crippen molar-refractivity contribution in [2.75, 3.05) is 19.6 Å². The highest BCUT2D eigenvalue weighted by molar-refractivity contribution is 5.79. The molecule has 0 fully saturated rings. The van der Waals surface area contributed by atoms with Gasteiger partial charge in [0, 0.05) is 57.5 Å². The molecule has 21 heavy (non-hydrogen) atoms. The lowest BCUT2D eigenvalue weighted by atomic mass is 10.4. The van der Waals surface area contributed by atoms with E-state index >= 15 is 0 Å². The molecule has 6 heteroatoms. The smallest absolute Gasteiger partial charge is 0.191 e. The van der Waals surface area contributed by atoms with Crippen molar-refractivity contribution in [3.8, 4) is 0 Å². The summed E-state index contributed by atoms with van der Waals surface area (Å²) in [4.78, 5) is 4.58. The fourth-order valence-electron chi connectivity index (χ4n) is 2.02. The average Bonchev–Trinajstić information content (AvgIpc) is 3.17. The van der Waals surface area contributed by atoms with Crippen molar-refractivity contribution in [1.82, 2.24) is 25.0 Å². The molecule has 2 rings (SSSR count). The Bertz CT molecular complexity index is 500. The molecule has 0 aliphatic carbocycles. The van der Waals surface area contributed by atoms with E-state index in [1.54, 1.807) is 6.20 Å². The van der Waals surface area contributed by atoms with Crippen molar-refractivity contribution in [3.63, 3.8) is 0 Å². The lowest BCUT2D eigenvalue weighted by molar-refractivity contribution is 0.583. The second-order valence-corrected chi connectivity index (χ2v) is 4.73. The summed E-state index contributed by atoms with van der Waals surface area (Å²) in [7, 11) is 0. The first-order valence-corrected chi connectivity index (χ1v) is 7.49. The highest BCUT2D eigenvalue weighted by Gasteiger charge is 1.97. The Morgan fingerprint density at radius 1 is 1.10 bits per heavy atom. The number of hydrogen-bond acceptors (Lipinski definition) is 2. The molecule has 0 saturated heterocycles. The van der Waals surface area contributed by atoms with E-state index in [-0.39, 0.29) is 0 Å². The minimum absolute atomic E-state index is 0.790. The van der Waals surface area contributed by atoms with E-state index in [9.17, 15) is 0 Å². The minimum Gasteiger partial charge on any atom is -0.357 e. The predicted molar refractivity (Wildman–Crippen MR) is 85.3 cm³/mol.